The zero-order valence-corrected chi connectivity index (χ0v) is 12.5. The van der Waals surface area contributed by atoms with Gasteiger partial charge >= 0.3 is 5.97 Å². The largest absolute Gasteiger partial charge is 0.488 e. The number of carboxylic acid groups (broad SMARTS) is 1. The highest BCUT2D eigenvalue weighted by Crippen LogP contribution is 2.27. The van der Waals surface area contributed by atoms with E-state index in [2.05, 4.69) is 15.9 Å². The second-order valence-electron chi connectivity index (χ2n) is 4.43. The van der Waals surface area contributed by atoms with E-state index >= 15 is 0 Å². The van der Waals surface area contributed by atoms with Crippen molar-refractivity contribution in [2.45, 2.75) is 19.4 Å². The molecule has 0 spiro atoms. The lowest BCUT2D eigenvalue weighted by molar-refractivity contribution is -0.136. The van der Waals surface area contributed by atoms with E-state index in [1.807, 2.05) is 48.5 Å². The highest BCUT2D eigenvalue weighted by molar-refractivity contribution is 9.10. The monoisotopic (exact) mass is 334 g/mol. The van der Waals surface area contributed by atoms with Crippen LogP contribution in [0.15, 0.2) is 53.0 Å². The van der Waals surface area contributed by atoms with Gasteiger partial charge in [0.2, 0.25) is 0 Å². The lowest BCUT2D eigenvalue weighted by Gasteiger charge is -2.09. The van der Waals surface area contributed by atoms with Gasteiger partial charge in [-0.15, -0.1) is 0 Å². The van der Waals surface area contributed by atoms with E-state index in [0.717, 1.165) is 21.3 Å². The molecule has 0 atom stereocenters. The molecule has 0 bridgehead atoms. The second kappa shape index (κ2) is 7.10. The Labute approximate surface area is 126 Å². The van der Waals surface area contributed by atoms with Crippen molar-refractivity contribution in [2.24, 2.45) is 0 Å². The zero-order valence-electron chi connectivity index (χ0n) is 10.9. The van der Waals surface area contributed by atoms with E-state index in [1.165, 1.54) is 0 Å². The lowest BCUT2D eigenvalue weighted by atomic mass is 10.1. The van der Waals surface area contributed by atoms with Crippen LogP contribution in [0.25, 0.3) is 0 Å². The maximum atomic E-state index is 10.5. The molecule has 2 aromatic rings. The minimum Gasteiger partial charge on any atom is -0.488 e. The summed E-state index contributed by atoms with van der Waals surface area (Å²) in [4.78, 5) is 10.5. The minimum absolute atomic E-state index is 0.136. The second-order valence-corrected chi connectivity index (χ2v) is 5.29. The topological polar surface area (TPSA) is 46.5 Å². The summed E-state index contributed by atoms with van der Waals surface area (Å²) in [5.74, 6) is -0.0292. The van der Waals surface area contributed by atoms with E-state index in [9.17, 15) is 4.79 Å². The zero-order chi connectivity index (χ0) is 14.4. The minimum atomic E-state index is -0.787. The Hall–Kier alpha value is -1.81. The van der Waals surface area contributed by atoms with Gasteiger partial charge in [0.25, 0.3) is 0 Å². The number of hydrogen-bond donors (Lipinski definition) is 1. The summed E-state index contributed by atoms with van der Waals surface area (Å²) in [6.07, 6.45) is 0.656. The average molecular weight is 335 g/mol. The normalized spacial score (nSPS) is 10.2. The Morgan fingerprint density at radius 2 is 1.85 bits per heavy atom. The summed E-state index contributed by atoms with van der Waals surface area (Å²) < 4.78 is 6.58. The van der Waals surface area contributed by atoms with E-state index in [1.54, 1.807) is 0 Å². The summed E-state index contributed by atoms with van der Waals surface area (Å²) in [5.41, 5.74) is 2.08. The van der Waals surface area contributed by atoms with Crippen LogP contribution in [-0.2, 0) is 17.8 Å². The van der Waals surface area contributed by atoms with Crippen LogP contribution in [0, 0.1) is 0 Å². The van der Waals surface area contributed by atoms with Gasteiger partial charge in [0.1, 0.15) is 12.4 Å². The molecule has 20 heavy (non-hydrogen) atoms. The number of halogens is 1. The van der Waals surface area contributed by atoms with Crippen LogP contribution < -0.4 is 4.74 Å². The highest BCUT2D eigenvalue weighted by atomic mass is 79.9. The number of carboxylic acids is 1. The maximum Gasteiger partial charge on any atom is 0.303 e. The van der Waals surface area contributed by atoms with Crippen molar-refractivity contribution in [3.05, 3.63) is 64.1 Å². The third-order valence-corrected chi connectivity index (χ3v) is 3.48. The smallest absolute Gasteiger partial charge is 0.303 e. The van der Waals surface area contributed by atoms with Crippen molar-refractivity contribution in [1.29, 1.82) is 0 Å². The maximum absolute atomic E-state index is 10.5. The molecular weight excluding hydrogens is 320 g/mol. The first-order valence-corrected chi connectivity index (χ1v) is 7.11. The van der Waals surface area contributed by atoms with Crippen LogP contribution in [0.3, 0.4) is 0 Å². The van der Waals surface area contributed by atoms with Gasteiger partial charge in [0, 0.05) is 6.42 Å². The van der Waals surface area contributed by atoms with Crippen molar-refractivity contribution in [2.75, 3.05) is 0 Å². The molecule has 0 unspecified atom stereocenters. The van der Waals surface area contributed by atoms with Crippen molar-refractivity contribution < 1.29 is 14.6 Å². The highest BCUT2D eigenvalue weighted by Gasteiger charge is 2.05. The predicted octanol–water partition coefficient (Wildman–Crippen LogP) is 4.05. The number of aliphatic carboxylic acids is 1. The van der Waals surface area contributed by atoms with Gasteiger partial charge < -0.3 is 9.84 Å². The Morgan fingerprint density at radius 1 is 1.10 bits per heavy atom. The molecule has 0 aliphatic heterocycles. The molecular formula is C16H15BrO3. The van der Waals surface area contributed by atoms with Crippen LogP contribution in [0.4, 0.5) is 0 Å². The lowest BCUT2D eigenvalue weighted by Crippen LogP contribution is -1.99. The Balaban J connectivity index is 1.97. The fourth-order valence-corrected chi connectivity index (χ4v) is 2.34. The van der Waals surface area contributed by atoms with Crippen molar-refractivity contribution in [3.63, 3.8) is 0 Å². The first-order chi connectivity index (χ1) is 9.65. The third-order valence-electron chi connectivity index (χ3n) is 2.86. The van der Waals surface area contributed by atoms with Crippen LogP contribution >= 0.6 is 15.9 Å². The number of benzene rings is 2. The van der Waals surface area contributed by atoms with E-state index in [4.69, 9.17) is 9.84 Å². The molecule has 4 heteroatoms. The molecule has 0 fully saturated rings. The van der Waals surface area contributed by atoms with Crippen molar-refractivity contribution >= 4 is 21.9 Å². The molecule has 2 aromatic carbocycles. The van der Waals surface area contributed by atoms with E-state index in [-0.39, 0.29) is 6.42 Å². The number of carbonyl (C=O) groups is 1. The number of ether oxygens (including phenoxy) is 1. The number of rotatable bonds is 6. The summed E-state index contributed by atoms with van der Waals surface area (Å²) in [6, 6.07) is 15.6. The molecule has 0 saturated heterocycles. The number of hydrogen-bond acceptors (Lipinski definition) is 2. The third kappa shape index (κ3) is 4.38. The summed E-state index contributed by atoms with van der Waals surface area (Å²) in [7, 11) is 0. The molecule has 0 aliphatic carbocycles. The molecule has 0 aromatic heterocycles. The van der Waals surface area contributed by atoms with Gasteiger partial charge in [-0.1, -0.05) is 36.4 Å². The Morgan fingerprint density at radius 3 is 2.50 bits per heavy atom. The quantitative estimate of drug-likeness (QED) is 0.866. The van der Waals surface area contributed by atoms with Crippen LogP contribution in [0.2, 0.25) is 0 Å². The van der Waals surface area contributed by atoms with Gasteiger partial charge in [-0.2, -0.15) is 0 Å². The van der Waals surface area contributed by atoms with Gasteiger partial charge in [0.15, 0.2) is 0 Å². The molecule has 2 rings (SSSR count). The fourth-order valence-electron chi connectivity index (χ4n) is 1.80. The molecule has 0 saturated carbocycles. The molecule has 0 heterocycles. The molecule has 1 N–H and O–H groups in total. The van der Waals surface area contributed by atoms with Gasteiger partial charge in [-0.05, 0) is 45.6 Å². The van der Waals surface area contributed by atoms with Gasteiger partial charge in [-0.3, -0.25) is 4.79 Å². The summed E-state index contributed by atoms with van der Waals surface area (Å²) >= 11 is 3.46. The Kier molecular flexibility index (Phi) is 5.18. The summed E-state index contributed by atoms with van der Waals surface area (Å²) in [6.45, 7) is 0.508. The fraction of sp³-hybridized carbons (Fsp3) is 0.188. The van der Waals surface area contributed by atoms with Crippen LogP contribution in [0.1, 0.15) is 17.5 Å². The first-order valence-electron chi connectivity index (χ1n) is 6.32. The standard InChI is InChI=1S/C16H15BrO3/c17-14-10-12(7-9-16(18)19)6-8-15(14)20-11-13-4-2-1-3-5-13/h1-6,8,10H,7,9,11H2,(H,18,19). The SMILES string of the molecule is O=C(O)CCc1ccc(OCc2ccccc2)c(Br)c1. The molecule has 104 valence electrons. The Bertz CT molecular complexity index is 582. The van der Waals surface area contributed by atoms with E-state index in [0.29, 0.717) is 13.0 Å². The predicted molar refractivity (Wildman–Crippen MR) is 80.9 cm³/mol. The summed E-state index contributed by atoms with van der Waals surface area (Å²) in [5, 5.41) is 8.67. The van der Waals surface area contributed by atoms with E-state index < -0.39 is 5.97 Å². The van der Waals surface area contributed by atoms with Gasteiger partial charge in [0.05, 0.1) is 4.47 Å². The van der Waals surface area contributed by atoms with Crippen molar-refractivity contribution in [3.8, 4) is 5.75 Å². The first kappa shape index (κ1) is 14.6. The van der Waals surface area contributed by atoms with Gasteiger partial charge in [-0.25, -0.2) is 0 Å². The molecule has 0 amide bonds. The van der Waals surface area contributed by atoms with Crippen molar-refractivity contribution in [1.82, 2.24) is 0 Å². The molecule has 0 aliphatic rings. The average Bonchev–Trinajstić information content (AvgIpc) is 2.45. The molecule has 3 nitrogen and oxygen atoms in total. The van der Waals surface area contributed by atoms with Crippen LogP contribution in [0.5, 0.6) is 5.75 Å². The van der Waals surface area contributed by atoms with Crippen LogP contribution in [-0.4, -0.2) is 11.1 Å². The number of aryl methyl sites for hydroxylation is 1. The molecule has 0 radical (unpaired) electrons.